The number of nitrogens with one attached hydrogen (secondary N) is 1. The van der Waals surface area contributed by atoms with Gasteiger partial charge in [-0.15, -0.1) is 0 Å². The summed E-state index contributed by atoms with van der Waals surface area (Å²) in [5.74, 6) is -0.842. The Morgan fingerprint density at radius 3 is 2.68 bits per heavy atom. The number of rotatable bonds is 5. The summed E-state index contributed by atoms with van der Waals surface area (Å²) in [5, 5.41) is 22.1. The summed E-state index contributed by atoms with van der Waals surface area (Å²) in [5.41, 5.74) is 6.53. The van der Waals surface area contributed by atoms with Gasteiger partial charge < -0.3 is 21.3 Å². The lowest BCUT2D eigenvalue weighted by Crippen LogP contribution is -2.28. The van der Waals surface area contributed by atoms with Crippen molar-refractivity contribution in [3.8, 4) is 0 Å². The van der Waals surface area contributed by atoms with Gasteiger partial charge in [0, 0.05) is 24.7 Å². The minimum absolute atomic E-state index is 0.0431. The van der Waals surface area contributed by atoms with Crippen molar-refractivity contribution in [3.63, 3.8) is 0 Å². The van der Waals surface area contributed by atoms with Crippen LogP contribution in [0.1, 0.15) is 30.6 Å². The summed E-state index contributed by atoms with van der Waals surface area (Å²) in [6.07, 6.45) is -2.44. The van der Waals surface area contributed by atoms with E-state index in [4.69, 9.17) is 5.73 Å². The Morgan fingerprint density at radius 2 is 2.11 bits per heavy atom. The first-order chi connectivity index (χ1) is 8.82. The van der Waals surface area contributed by atoms with Crippen molar-refractivity contribution in [2.75, 3.05) is 12.3 Å². The maximum Gasteiger partial charge on any atom is 0.216 e. The molecule has 1 rings (SSSR count). The second kappa shape index (κ2) is 6.49. The van der Waals surface area contributed by atoms with Gasteiger partial charge in [0.15, 0.2) is 0 Å². The molecule has 19 heavy (non-hydrogen) atoms. The van der Waals surface area contributed by atoms with Crippen molar-refractivity contribution >= 4 is 11.6 Å². The number of hydrogen-bond donors (Lipinski definition) is 4. The predicted octanol–water partition coefficient (Wildman–Crippen LogP) is 0.637. The number of carbonyl (C=O) groups excluding carboxylic acids is 1. The van der Waals surface area contributed by atoms with Crippen LogP contribution in [-0.4, -0.2) is 28.8 Å². The van der Waals surface area contributed by atoms with E-state index in [1.54, 1.807) is 6.92 Å². The molecule has 0 aliphatic heterocycles. The van der Waals surface area contributed by atoms with Gasteiger partial charge in [-0.1, -0.05) is 0 Å². The quantitative estimate of drug-likeness (QED) is 0.590. The fourth-order valence-electron chi connectivity index (χ4n) is 1.69. The van der Waals surface area contributed by atoms with Gasteiger partial charge >= 0.3 is 0 Å². The molecular weight excluding hydrogens is 251 g/mol. The molecule has 0 saturated heterocycles. The van der Waals surface area contributed by atoms with Crippen LogP contribution < -0.4 is 11.1 Å². The van der Waals surface area contributed by atoms with E-state index < -0.39 is 18.0 Å². The molecule has 5 N–H and O–H groups in total. The largest absolute Gasteiger partial charge is 0.399 e. The molecule has 0 saturated carbocycles. The van der Waals surface area contributed by atoms with Crippen LogP contribution in [0.3, 0.4) is 0 Å². The zero-order chi connectivity index (χ0) is 14.6. The average Bonchev–Trinajstić information content (AvgIpc) is 2.32. The van der Waals surface area contributed by atoms with Crippen LogP contribution in [0.25, 0.3) is 0 Å². The number of amides is 1. The van der Waals surface area contributed by atoms with Gasteiger partial charge in [-0.05, 0) is 31.0 Å². The molecule has 0 aromatic heterocycles. The molecule has 0 bridgehead atoms. The summed E-state index contributed by atoms with van der Waals surface area (Å²) in [6.45, 7) is 3.21. The SMILES string of the molecule is CC(=O)NCCC(O)C(O)c1cc(N)c(C)cc1F. The molecule has 106 valence electrons. The molecule has 2 atom stereocenters. The third-order valence-electron chi connectivity index (χ3n) is 2.88. The normalized spacial score (nSPS) is 13.9. The van der Waals surface area contributed by atoms with E-state index in [1.165, 1.54) is 19.1 Å². The number of hydrogen-bond acceptors (Lipinski definition) is 4. The fraction of sp³-hybridized carbons (Fsp3) is 0.462. The molecule has 0 spiro atoms. The molecule has 1 aromatic carbocycles. The first kappa shape index (κ1) is 15.4. The lowest BCUT2D eigenvalue weighted by molar-refractivity contribution is -0.119. The number of nitrogens with two attached hydrogens (primary N) is 1. The number of aliphatic hydroxyl groups excluding tert-OH is 2. The van der Waals surface area contributed by atoms with Crippen molar-refractivity contribution in [1.29, 1.82) is 0 Å². The lowest BCUT2D eigenvalue weighted by atomic mass is 9.99. The van der Waals surface area contributed by atoms with Gasteiger partial charge in [0.1, 0.15) is 11.9 Å². The number of aliphatic hydroxyl groups is 2. The summed E-state index contributed by atoms with van der Waals surface area (Å²) in [4.78, 5) is 10.7. The third kappa shape index (κ3) is 4.18. The number of aryl methyl sites for hydroxylation is 1. The Labute approximate surface area is 111 Å². The summed E-state index contributed by atoms with van der Waals surface area (Å²) < 4.78 is 13.7. The molecule has 0 fully saturated rings. The van der Waals surface area contributed by atoms with Crippen LogP contribution in [0.15, 0.2) is 12.1 Å². The van der Waals surface area contributed by atoms with Crippen LogP contribution >= 0.6 is 0 Å². The van der Waals surface area contributed by atoms with E-state index in [0.29, 0.717) is 11.3 Å². The fourth-order valence-corrected chi connectivity index (χ4v) is 1.69. The van der Waals surface area contributed by atoms with Crippen LogP contribution in [0.5, 0.6) is 0 Å². The number of halogens is 1. The Bertz CT molecular complexity index is 465. The van der Waals surface area contributed by atoms with Crippen LogP contribution in [0.4, 0.5) is 10.1 Å². The van der Waals surface area contributed by atoms with E-state index in [0.717, 1.165) is 0 Å². The Balaban J connectivity index is 2.73. The molecule has 6 heteroatoms. The van der Waals surface area contributed by atoms with E-state index in [9.17, 15) is 19.4 Å². The summed E-state index contributed by atoms with van der Waals surface area (Å²) in [7, 11) is 0. The van der Waals surface area contributed by atoms with E-state index >= 15 is 0 Å². The van der Waals surface area contributed by atoms with Crippen molar-refractivity contribution in [2.45, 2.75) is 32.5 Å². The first-order valence-electron chi connectivity index (χ1n) is 5.99. The molecule has 1 aromatic rings. The van der Waals surface area contributed by atoms with E-state index in [2.05, 4.69) is 5.32 Å². The third-order valence-corrected chi connectivity index (χ3v) is 2.88. The monoisotopic (exact) mass is 270 g/mol. The lowest BCUT2D eigenvalue weighted by Gasteiger charge is -2.19. The van der Waals surface area contributed by atoms with Crippen molar-refractivity contribution in [2.24, 2.45) is 0 Å². The number of nitrogen functional groups attached to an aromatic ring is 1. The molecule has 5 nitrogen and oxygen atoms in total. The van der Waals surface area contributed by atoms with Crippen molar-refractivity contribution in [1.82, 2.24) is 5.32 Å². The van der Waals surface area contributed by atoms with Crippen LogP contribution in [0.2, 0.25) is 0 Å². The van der Waals surface area contributed by atoms with Crippen LogP contribution in [-0.2, 0) is 4.79 Å². The minimum Gasteiger partial charge on any atom is -0.399 e. The molecule has 1 amide bonds. The standard InChI is InChI=1S/C13H19FN2O3/c1-7-5-10(14)9(6-11(7)15)13(19)12(18)3-4-16-8(2)17/h5-6,12-13,18-19H,3-4,15H2,1-2H3,(H,16,17). The molecule has 0 aliphatic rings. The van der Waals surface area contributed by atoms with Crippen molar-refractivity contribution < 1.29 is 19.4 Å². The summed E-state index contributed by atoms with van der Waals surface area (Å²) in [6, 6.07) is 2.53. The second-order valence-electron chi connectivity index (χ2n) is 4.51. The Morgan fingerprint density at radius 1 is 1.47 bits per heavy atom. The highest BCUT2D eigenvalue weighted by atomic mass is 19.1. The second-order valence-corrected chi connectivity index (χ2v) is 4.51. The zero-order valence-electron chi connectivity index (χ0n) is 11.0. The van der Waals surface area contributed by atoms with Gasteiger partial charge in [0.25, 0.3) is 0 Å². The number of benzene rings is 1. The van der Waals surface area contributed by atoms with Gasteiger partial charge in [0.05, 0.1) is 6.10 Å². The summed E-state index contributed by atoms with van der Waals surface area (Å²) >= 11 is 0. The van der Waals surface area contributed by atoms with E-state index in [1.807, 2.05) is 0 Å². The molecule has 0 aliphatic carbocycles. The van der Waals surface area contributed by atoms with Gasteiger partial charge in [0.2, 0.25) is 5.91 Å². The Hall–Kier alpha value is -1.66. The number of carbonyl (C=O) groups is 1. The van der Waals surface area contributed by atoms with Gasteiger partial charge in [-0.3, -0.25) is 4.79 Å². The van der Waals surface area contributed by atoms with Crippen LogP contribution in [0, 0.1) is 12.7 Å². The number of anilines is 1. The maximum atomic E-state index is 13.7. The average molecular weight is 270 g/mol. The van der Waals surface area contributed by atoms with Gasteiger partial charge in [-0.25, -0.2) is 4.39 Å². The van der Waals surface area contributed by atoms with Gasteiger partial charge in [-0.2, -0.15) is 0 Å². The maximum absolute atomic E-state index is 13.7. The predicted molar refractivity (Wildman–Crippen MR) is 69.8 cm³/mol. The smallest absolute Gasteiger partial charge is 0.216 e. The molecular formula is C13H19FN2O3. The zero-order valence-corrected chi connectivity index (χ0v) is 11.0. The molecule has 0 radical (unpaired) electrons. The Kier molecular flexibility index (Phi) is 5.26. The minimum atomic E-state index is -1.38. The first-order valence-corrected chi connectivity index (χ1v) is 5.99. The molecule has 2 unspecified atom stereocenters. The highest BCUT2D eigenvalue weighted by molar-refractivity contribution is 5.72. The highest BCUT2D eigenvalue weighted by Crippen LogP contribution is 2.26. The molecule has 0 heterocycles. The highest BCUT2D eigenvalue weighted by Gasteiger charge is 2.22. The van der Waals surface area contributed by atoms with E-state index in [-0.39, 0.29) is 24.4 Å². The topological polar surface area (TPSA) is 95.6 Å². The van der Waals surface area contributed by atoms with Crippen molar-refractivity contribution in [3.05, 3.63) is 29.1 Å².